The monoisotopic (exact) mass is 306 g/mol. The number of hydrogen-bond acceptors (Lipinski definition) is 4. The van der Waals surface area contributed by atoms with Gasteiger partial charge in [0.1, 0.15) is 25.3 Å². The molecule has 2 heterocycles. The van der Waals surface area contributed by atoms with Gasteiger partial charge in [-0.05, 0) is 26.0 Å². The van der Waals surface area contributed by atoms with Crippen LogP contribution in [0.2, 0.25) is 0 Å². The number of amides is 1. The van der Waals surface area contributed by atoms with Crippen LogP contribution in [0.5, 0.6) is 0 Å². The third kappa shape index (κ3) is 3.58. The summed E-state index contributed by atoms with van der Waals surface area (Å²) in [6, 6.07) is 7.90. The van der Waals surface area contributed by atoms with Gasteiger partial charge in [0.2, 0.25) is 0 Å². The molecule has 2 aromatic rings. The quantitative estimate of drug-likeness (QED) is 0.887. The van der Waals surface area contributed by atoms with Gasteiger partial charge in [0, 0.05) is 0 Å². The molecule has 112 valence electrons. The first-order chi connectivity index (χ1) is 10.1. The van der Waals surface area contributed by atoms with Crippen molar-refractivity contribution in [3.05, 3.63) is 24.3 Å². The van der Waals surface area contributed by atoms with Crippen molar-refractivity contribution in [1.29, 1.82) is 0 Å². The van der Waals surface area contributed by atoms with Crippen LogP contribution in [0.25, 0.3) is 10.2 Å². The van der Waals surface area contributed by atoms with Crippen LogP contribution in [-0.4, -0.2) is 42.7 Å². The van der Waals surface area contributed by atoms with E-state index in [1.807, 2.05) is 24.3 Å². The summed E-state index contributed by atoms with van der Waals surface area (Å²) in [4.78, 5) is 17.9. The molecule has 1 unspecified atom stereocenters. The molecule has 6 heteroatoms. The Bertz CT molecular complexity index is 600. The van der Waals surface area contributed by atoms with E-state index in [0.717, 1.165) is 23.3 Å². The SMILES string of the molecule is C[C@@H]1C[NH+](CC(=O)Nc2nc3ccccc3s2)C[C@H](C)O1. The summed E-state index contributed by atoms with van der Waals surface area (Å²) in [6.45, 7) is 6.32. The lowest BCUT2D eigenvalue weighted by Crippen LogP contribution is -3.16. The number of hydrogen-bond donors (Lipinski definition) is 2. The molecule has 1 aromatic heterocycles. The number of anilines is 1. The molecule has 1 aromatic carbocycles. The van der Waals surface area contributed by atoms with Crippen molar-refractivity contribution in [3.63, 3.8) is 0 Å². The van der Waals surface area contributed by atoms with E-state index in [-0.39, 0.29) is 18.1 Å². The largest absolute Gasteiger partial charge is 0.364 e. The maximum Gasteiger partial charge on any atom is 0.281 e. The summed E-state index contributed by atoms with van der Waals surface area (Å²) in [7, 11) is 0. The van der Waals surface area contributed by atoms with E-state index in [0.29, 0.717) is 11.7 Å². The van der Waals surface area contributed by atoms with Crippen molar-refractivity contribution in [1.82, 2.24) is 4.98 Å². The van der Waals surface area contributed by atoms with E-state index in [9.17, 15) is 4.79 Å². The van der Waals surface area contributed by atoms with Gasteiger partial charge in [-0.2, -0.15) is 0 Å². The molecule has 0 bridgehead atoms. The first-order valence-electron chi connectivity index (χ1n) is 7.24. The van der Waals surface area contributed by atoms with Gasteiger partial charge in [0.25, 0.3) is 5.91 Å². The van der Waals surface area contributed by atoms with Crippen LogP contribution in [0.3, 0.4) is 0 Å². The van der Waals surface area contributed by atoms with Crippen molar-refractivity contribution in [2.75, 3.05) is 25.0 Å². The first kappa shape index (κ1) is 14.4. The highest BCUT2D eigenvalue weighted by Crippen LogP contribution is 2.25. The molecule has 0 saturated carbocycles. The third-order valence-corrected chi connectivity index (χ3v) is 4.52. The van der Waals surface area contributed by atoms with Gasteiger partial charge in [0.15, 0.2) is 11.7 Å². The molecule has 3 atom stereocenters. The van der Waals surface area contributed by atoms with Gasteiger partial charge in [-0.15, -0.1) is 0 Å². The van der Waals surface area contributed by atoms with Gasteiger partial charge in [-0.25, -0.2) is 4.98 Å². The van der Waals surface area contributed by atoms with E-state index in [1.165, 1.54) is 16.2 Å². The van der Waals surface area contributed by atoms with Crippen LogP contribution in [-0.2, 0) is 9.53 Å². The van der Waals surface area contributed by atoms with Crippen molar-refractivity contribution >= 4 is 32.6 Å². The highest BCUT2D eigenvalue weighted by Gasteiger charge is 2.27. The molecular formula is C15H20N3O2S+. The number of nitrogens with zero attached hydrogens (tertiary/aromatic N) is 1. The van der Waals surface area contributed by atoms with Gasteiger partial charge < -0.3 is 9.64 Å². The Morgan fingerprint density at radius 3 is 2.81 bits per heavy atom. The third-order valence-electron chi connectivity index (χ3n) is 3.57. The molecule has 0 aliphatic carbocycles. The number of carbonyl (C=O) groups excluding carboxylic acids is 1. The summed E-state index contributed by atoms with van der Waals surface area (Å²) in [5.74, 6) is 0.0188. The maximum atomic E-state index is 12.2. The number of benzene rings is 1. The topological polar surface area (TPSA) is 55.7 Å². The van der Waals surface area contributed by atoms with E-state index < -0.39 is 0 Å². The van der Waals surface area contributed by atoms with Crippen LogP contribution >= 0.6 is 11.3 Å². The smallest absolute Gasteiger partial charge is 0.281 e. The number of ether oxygens (including phenoxy) is 1. The second kappa shape index (κ2) is 6.09. The molecule has 2 N–H and O–H groups in total. The van der Waals surface area contributed by atoms with Crippen molar-refractivity contribution < 1.29 is 14.4 Å². The second-order valence-electron chi connectivity index (χ2n) is 5.63. The Labute approximate surface area is 127 Å². The number of carbonyl (C=O) groups is 1. The predicted molar refractivity (Wildman–Crippen MR) is 83.8 cm³/mol. The molecule has 21 heavy (non-hydrogen) atoms. The lowest BCUT2D eigenvalue weighted by Gasteiger charge is -2.31. The second-order valence-corrected chi connectivity index (χ2v) is 6.66. The molecule has 1 aliphatic rings. The number of thiazole rings is 1. The molecule has 1 fully saturated rings. The normalized spacial score (nSPS) is 25.9. The van der Waals surface area contributed by atoms with Crippen LogP contribution < -0.4 is 10.2 Å². The van der Waals surface area contributed by atoms with E-state index in [2.05, 4.69) is 24.1 Å². The lowest BCUT2D eigenvalue weighted by atomic mass is 10.2. The minimum atomic E-state index is 0.0188. The van der Waals surface area contributed by atoms with Crippen LogP contribution in [0, 0.1) is 0 Å². The van der Waals surface area contributed by atoms with E-state index >= 15 is 0 Å². The summed E-state index contributed by atoms with van der Waals surface area (Å²) >= 11 is 1.51. The molecule has 5 nitrogen and oxygen atoms in total. The Hall–Kier alpha value is -1.50. The molecule has 1 amide bonds. The average Bonchev–Trinajstić information content (AvgIpc) is 2.78. The summed E-state index contributed by atoms with van der Waals surface area (Å²) < 4.78 is 6.78. The zero-order valence-electron chi connectivity index (χ0n) is 12.3. The van der Waals surface area contributed by atoms with Gasteiger partial charge in [0.05, 0.1) is 10.2 Å². The average molecular weight is 306 g/mol. The van der Waals surface area contributed by atoms with Crippen molar-refractivity contribution in [2.45, 2.75) is 26.1 Å². The Balaban J connectivity index is 1.61. The fourth-order valence-electron chi connectivity index (χ4n) is 2.85. The van der Waals surface area contributed by atoms with Crippen LogP contribution in [0.4, 0.5) is 5.13 Å². The number of aromatic nitrogens is 1. The fraction of sp³-hybridized carbons (Fsp3) is 0.467. The molecule has 1 saturated heterocycles. The summed E-state index contributed by atoms with van der Waals surface area (Å²) in [5.41, 5.74) is 0.929. The summed E-state index contributed by atoms with van der Waals surface area (Å²) in [5, 5.41) is 3.59. The van der Waals surface area contributed by atoms with Gasteiger partial charge in [-0.3, -0.25) is 10.1 Å². The fourth-order valence-corrected chi connectivity index (χ4v) is 3.73. The van der Waals surface area contributed by atoms with Gasteiger partial charge in [-0.1, -0.05) is 23.5 Å². The highest BCUT2D eigenvalue weighted by atomic mass is 32.1. The Morgan fingerprint density at radius 1 is 1.38 bits per heavy atom. The molecule has 0 radical (unpaired) electrons. The van der Waals surface area contributed by atoms with Crippen LogP contribution in [0.15, 0.2) is 24.3 Å². The Morgan fingerprint density at radius 2 is 2.10 bits per heavy atom. The van der Waals surface area contributed by atoms with E-state index in [4.69, 9.17) is 4.74 Å². The highest BCUT2D eigenvalue weighted by molar-refractivity contribution is 7.22. The number of rotatable bonds is 3. The minimum Gasteiger partial charge on any atom is -0.364 e. The molecule has 0 spiro atoms. The zero-order chi connectivity index (χ0) is 14.8. The number of fused-ring (bicyclic) bond motifs is 1. The standard InChI is InChI=1S/C15H19N3O2S/c1-10-7-18(8-11(2)20-10)9-14(19)17-15-16-12-5-3-4-6-13(12)21-15/h3-6,10-11H,7-9H2,1-2H3,(H,16,17,19)/p+1/t10-,11+. The van der Waals surface area contributed by atoms with Crippen molar-refractivity contribution in [2.24, 2.45) is 0 Å². The number of nitrogens with one attached hydrogen (secondary N) is 2. The molecule has 3 rings (SSSR count). The maximum absolute atomic E-state index is 12.2. The Kier molecular flexibility index (Phi) is 4.19. The predicted octanol–water partition coefficient (Wildman–Crippen LogP) is 0.927. The molecule has 1 aliphatic heterocycles. The van der Waals surface area contributed by atoms with Crippen LogP contribution in [0.1, 0.15) is 13.8 Å². The number of quaternary nitrogens is 1. The zero-order valence-corrected chi connectivity index (χ0v) is 13.1. The minimum absolute atomic E-state index is 0.0188. The first-order valence-corrected chi connectivity index (χ1v) is 8.06. The van der Waals surface area contributed by atoms with Crippen molar-refractivity contribution in [3.8, 4) is 0 Å². The van der Waals surface area contributed by atoms with E-state index in [1.54, 1.807) is 0 Å². The molecular weight excluding hydrogens is 286 g/mol. The van der Waals surface area contributed by atoms with Gasteiger partial charge >= 0.3 is 0 Å². The summed E-state index contributed by atoms with van der Waals surface area (Å²) in [6.07, 6.45) is 0.415. The number of morpholine rings is 1. The lowest BCUT2D eigenvalue weighted by molar-refractivity contribution is -0.907. The number of para-hydroxylation sites is 1.